The van der Waals surface area contributed by atoms with Crippen molar-refractivity contribution in [1.82, 2.24) is 0 Å². The lowest BCUT2D eigenvalue weighted by molar-refractivity contribution is 0.388. The zero-order valence-electron chi connectivity index (χ0n) is 14.5. The molecular weight excluding hydrogens is 308 g/mol. The van der Waals surface area contributed by atoms with Gasteiger partial charge in [-0.3, -0.25) is 0 Å². The highest BCUT2D eigenvalue weighted by molar-refractivity contribution is 6.01. The van der Waals surface area contributed by atoms with Gasteiger partial charge in [-0.25, -0.2) is 0 Å². The minimum absolute atomic E-state index is 0.592. The maximum absolute atomic E-state index is 5.95. The highest BCUT2D eigenvalue weighted by Crippen LogP contribution is 2.41. The van der Waals surface area contributed by atoms with E-state index in [1.807, 2.05) is 18.2 Å². The first-order chi connectivity index (χ1) is 12.3. The summed E-state index contributed by atoms with van der Waals surface area (Å²) in [7, 11) is 1.69. The van der Waals surface area contributed by atoms with Crippen molar-refractivity contribution in [1.29, 1.82) is 0 Å². The molecule has 0 saturated heterocycles. The molecule has 0 aliphatic carbocycles. The van der Waals surface area contributed by atoms with Crippen molar-refractivity contribution >= 4 is 11.1 Å². The molecule has 1 aliphatic rings. The van der Waals surface area contributed by atoms with E-state index in [4.69, 9.17) is 9.47 Å². The van der Waals surface area contributed by atoms with Gasteiger partial charge in [-0.1, -0.05) is 54.1 Å². The van der Waals surface area contributed by atoms with Crippen LogP contribution >= 0.6 is 0 Å². The smallest absolute Gasteiger partial charge is 0.127 e. The highest BCUT2D eigenvalue weighted by Gasteiger charge is 2.23. The summed E-state index contributed by atoms with van der Waals surface area (Å²) in [4.78, 5) is 0. The van der Waals surface area contributed by atoms with Gasteiger partial charge in [-0.05, 0) is 47.9 Å². The fourth-order valence-electron chi connectivity index (χ4n) is 3.32. The first-order valence-corrected chi connectivity index (χ1v) is 8.43. The Kier molecular flexibility index (Phi) is 4.02. The molecule has 2 heteroatoms. The first-order valence-electron chi connectivity index (χ1n) is 8.43. The molecule has 0 spiro atoms. The van der Waals surface area contributed by atoms with Crippen LogP contribution in [0.15, 0.2) is 72.8 Å². The van der Waals surface area contributed by atoms with Crippen molar-refractivity contribution in [3.05, 3.63) is 95.1 Å². The molecule has 0 bridgehead atoms. The topological polar surface area (TPSA) is 18.5 Å². The molecule has 3 aromatic rings. The number of hydrogen-bond acceptors (Lipinski definition) is 2. The van der Waals surface area contributed by atoms with Crippen LogP contribution in [0.4, 0.5) is 0 Å². The monoisotopic (exact) mass is 328 g/mol. The third kappa shape index (κ3) is 2.91. The van der Waals surface area contributed by atoms with Crippen molar-refractivity contribution in [2.75, 3.05) is 13.7 Å². The van der Waals surface area contributed by atoms with E-state index >= 15 is 0 Å². The molecule has 0 amide bonds. The molecular formula is C23H20O2. The van der Waals surface area contributed by atoms with E-state index in [0.717, 1.165) is 11.5 Å². The van der Waals surface area contributed by atoms with Crippen molar-refractivity contribution in [2.45, 2.75) is 6.92 Å². The van der Waals surface area contributed by atoms with E-state index in [1.54, 1.807) is 7.11 Å². The van der Waals surface area contributed by atoms with E-state index < -0.39 is 0 Å². The molecule has 0 radical (unpaired) electrons. The van der Waals surface area contributed by atoms with Crippen LogP contribution in [-0.2, 0) is 0 Å². The molecule has 1 aliphatic heterocycles. The summed E-state index contributed by atoms with van der Waals surface area (Å²) in [6.45, 7) is 2.71. The minimum atomic E-state index is 0.592. The van der Waals surface area contributed by atoms with E-state index in [-0.39, 0.29) is 0 Å². The number of benzene rings is 3. The Balaban J connectivity index is 1.95. The third-order valence-electron chi connectivity index (χ3n) is 4.58. The average Bonchev–Trinajstić information content (AvgIpc) is 3.06. The minimum Gasteiger partial charge on any atom is -0.497 e. The number of rotatable bonds is 3. The van der Waals surface area contributed by atoms with Gasteiger partial charge in [0.1, 0.15) is 18.1 Å². The number of methoxy groups -OCH3 is 1. The maximum Gasteiger partial charge on any atom is 0.127 e. The SMILES string of the molecule is COc1ccc(/C(=C2\COc3ccc(C)cc32)c2ccccc2)cc1. The summed E-state index contributed by atoms with van der Waals surface area (Å²) in [5, 5.41) is 0. The van der Waals surface area contributed by atoms with Crippen molar-refractivity contribution in [2.24, 2.45) is 0 Å². The van der Waals surface area contributed by atoms with E-state index in [2.05, 4.69) is 61.5 Å². The van der Waals surface area contributed by atoms with Crippen LogP contribution in [0.1, 0.15) is 22.3 Å². The molecule has 2 nitrogen and oxygen atoms in total. The van der Waals surface area contributed by atoms with Gasteiger partial charge in [-0.15, -0.1) is 0 Å². The Bertz CT molecular complexity index is 922. The first kappa shape index (κ1) is 15.5. The van der Waals surface area contributed by atoms with Gasteiger partial charge in [0.2, 0.25) is 0 Å². The Morgan fingerprint density at radius 1 is 0.880 bits per heavy atom. The molecule has 0 aromatic heterocycles. The Morgan fingerprint density at radius 2 is 1.60 bits per heavy atom. The summed E-state index contributed by atoms with van der Waals surface area (Å²) < 4.78 is 11.3. The van der Waals surface area contributed by atoms with Gasteiger partial charge in [0.05, 0.1) is 7.11 Å². The quantitative estimate of drug-likeness (QED) is 0.645. The van der Waals surface area contributed by atoms with E-state index in [0.29, 0.717) is 6.61 Å². The molecule has 4 rings (SSSR count). The van der Waals surface area contributed by atoms with Gasteiger partial charge in [0, 0.05) is 11.1 Å². The Labute approximate surface area is 148 Å². The average molecular weight is 328 g/mol. The fraction of sp³-hybridized carbons (Fsp3) is 0.130. The molecule has 0 saturated carbocycles. The molecule has 1 heterocycles. The van der Waals surface area contributed by atoms with Crippen LogP contribution in [-0.4, -0.2) is 13.7 Å². The normalized spacial score (nSPS) is 14.6. The highest BCUT2D eigenvalue weighted by atomic mass is 16.5. The molecule has 25 heavy (non-hydrogen) atoms. The number of aryl methyl sites for hydroxylation is 1. The van der Waals surface area contributed by atoms with Crippen molar-refractivity contribution in [3.8, 4) is 11.5 Å². The molecule has 3 aromatic carbocycles. The van der Waals surface area contributed by atoms with Crippen LogP contribution in [0.3, 0.4) is 0 Å². The van der Waals surface area contributed by atoms with E-state index in [9.17, 15) is 0 Å². The van der Waals surface area contributed by atoms with Crippen LogP contribution in [0.2, 0.25) is 0 Å². The molecule has 0 atom stereocenters. The van der Waals surface area contributed by atoms with Crippen LogP contribution in [0.25, 0.3) is 11.1 Å². The zero-order chi connectivity index (χ0) is 17.2. The lowest BCUT2D eigenvalue weighted by Crippen LogP contribution is -1.97. The van der Waals surface area contributed by atoms with Crippen LogP contribution < -0.4 is 9.47 Å². The van der Waals surface area contributed by atoms with E-state index in [1.165, 1.54) is 33.4 Å². The summed E-state index contributed by atoms with van der Waals surface area (Å²) in [6, 6.07) is 25.1. The molecule has 0 fully saturated rings. The predicted molar refractivity (Wildman–Crippen MR) is 102 cm³/mol. The second kappa shape index (κ2) is 6.48. The second-order valence-corrected chi connectivity index (χ2v) is 6.24. The third-order valence-corrected chi connectivity index (χ3v) is 4.58. The number of hydrogen-bond donors (Lipinski definition) is 0. The number of fused-ring (bicyclic) bond motifs is 1. The van der Waals surface area contributed by atoms with Gasteiger partial charge in [0.15, 0.2) is 0 Å². The van der Waals surface area contributed by atoms with Crippen molar-refractivity contribution in [3.63, 3.8) is 0 Å². The lowest BCUT2D eigenvalue weighted by Gasteiger charge is -2.13. The summed E-state index contributed by atoms with van der Waals surface area (Å²) in [5.74, 6) is 1.82. The van der Waals surface area contributed by atoms with Gasteiger partial charge in [-0.2, -0.15) is 0 Å². The second-order valence-electron chi connectivity index (χ2n) is 6.24. The summed E-state index contributed by atoms with van der Waals surface area (Å²) in [5.41, 5.74) is 7.24. The van der Waals surface area contributed by atoms with Crippen LogP contribution in [0.5, 0.6) is 11.5 Å². The fourth-order valence-corrected chi connectivity index (χ4v) is 3.32. The largest absolute Gasteiger partial charge is 0.497 e. The predicted octanol–water partition coefficient (Wildman–Crippen LogP) is 5.36. The Morgan fingerprint density at radius 3 is 2.32 bits per heavy atom. The standard InChI is InChI=1S/C23H20O2/c1-16-8-13-22-20(14-16)21(15-25-22)23(17-6-4-3-5-7-17)18-9-11-19(24-2)12-10-18/h3-14H,15H2,1-2H3/b23-21+. The van der Waals surface area contributed by atoms with Gasteiger partial charge >= 0.3 is 0 Å². The lowest BCUT2D eigenvalue weighted by atomic mass is 9.90. The van der Waals surface area contributed by atoms with Gasteiger partial charge < -0.3 is 9.47 Å². The Hall–Kier alpha value is -3.00. The van der Waals surface area contributed by atoms with Crippen LogP contribution in [0, 0.1) is 6.92 Å². The summed E-state index contributed by atoms with van der Waals surface area (Å²) >= 11 is 0. The van der Waals surface area contributed by atoms with Crippen molar-refractivity contribution < 1.29 is 9.47 Å². The molecule has 0 N–H and O–H groups in total. The molecule has 0 unspecified atom stereocenters. The summed E-state index contributed by atoms with van der Waals surface area (Å²) in [6.07, 6.45) is 0. The zero-order valence-corrected chi connectivity index (χ0v) is 14.5. The maximum atomic E-state index is 5.95. The van der Waals surface area contributed by atoms with Gasteiger partial charge in [0.25, 0.3) is 0 Å². The molecule has 124 valence electrons. The number of ether oxygens (including phenoxy) is 2.